The molecule has 1 aliphatic rings. The molecular formula is C20H42IN5O. The van der Waals surface area contributed by atoms with Gasteiger partial charge in [-0.25, -0.2) is 0 Å². The Bertz CT molecular complexity index is 462. The van der Waals surface area contributed by atoms with Crippen LogP contribution in [0.25, 0.3) is 0 Å². The Morgan fingerprint density at radius 3 is 2.56 bits per heavy atom. The molecule has 0 aromatic heterocycles. The highest BCUT2D eigenvalue weighted by Crippen LogP contribution is 2.18. The molecule has 0 radical (unpaired) electrons. The third-order valence-electron chi connectivity index (χ3n) is 4.32. The summed E-state index contributed by atoms with van der Waals surface area (Å²) in [4.78, 5) is 21.5. The maximum atomic E-state index is 12.2. The fraction of sp³-hybridized carbons (Fsp3) is 0.900. The van der Waals surface area contributed by atoms with Gasteiger partial charge in [0, 0.05) is 38.8 Å². The summed E-state index contributed by atoms with van der Waals surface area (Å²) in [6.07, 6.45) is 2.50. The van der Waals surface area contributed by atoms with Crippen molar-refractivity contribution in [1.82, 2.24) is 20.4 Å². The van der Waals surface area contributed by atoms with E-state index < -0.39 is 0 Å². The maximum Gasteiger partial charge on any atom is 0.240 e. The molecule has 0 bridgehead atoms. The van der Waals surface area contributed by atoms with Crippen molar-refractivity contribution in [2.45, 2.75) is 59.9 Å². The van der Waals surface area contributed by atoms with E-state index >= 15 is 0 Å². The zero-order valence-electron chi connectivity index (χ0n) is 18.5. The molecule has 0 aromatic rings. The Kier molecular flexibility index (Phi) is 12.5. The van der Waals surface area contributed by atoms with Crippen LogP contribution in [0.15, 0.2) is 4.99 Å². The van der Waals surface area contributed by atoms with Crippen molar-refractivity contribution < 1.29 is 4.79 Å². The Morgan fingerprint density at radius 1 is 1.33 bits per heavy atom. The molecule has 27 heavy (non-hydrogen) atoms. The number of likely N-dealkylation sites (N-methyl/N-ethyl adjacent to an activating group) is 1. The summed E-state index contributed by atoms with van der Waals surface area (Å²) >= 11 is 0. The second-order valence-corrected chi connectivity index (χ2v) is 9.01. The van der Waals surface area contributed by atoms with Crippen molar-refractivity contribution in [2.24, 2.45) is 16.8 Å². The fourth-order valence-electron chi connectivity index (χ4n) is 3.42. The molecule has 1 fully saturated rings. The third-order valence-corrected chi connectivity index (χ3v) is 4.32. The first-order valence-electron chi connectivity index (χ1n) is 10.1. The number of rotatable bonds is 7. The fourth-order valence-corrected chi connectivity index (χ4v) is 3.42. The van der Waals surface area contributed by atoms with Crippen molar-refractivity contribution >= 4 is 35.8 Å². The summed E-state index contributed by atoms with van der Waals surface area (Å²) in [7, 11) is 1.93. The van der Waals surface area contributed by atoms with Crippen molar-refractivity contribution in [2.75, 3.05) is 46.3 Å². The molecule has 0 spiro atoms. The lowest BCUT2D eigenvalue weighted by Crippen LogP contribution is -2.49. The van der Waals surface area contributed by atoms with E-state index in [9.17, 15) is 4.79 Å². The number of hydrogen-bond acceptors (Lipinski definition) is 3. The van der Waals surface area contributed by atoms with Crippen LogP contribution in [0, 0.1) is 11.8 Å². The van der Waals surface area contributed by atoms with Gasteiger partial charge in [-0.1, -0.05) is 13.8 Å². The van der Waals surface area contributed by atoms with E-state index in [1.54, 1.807) is 0 Å². The number of likely N-dealkylation sites (tertiary alicyclic amines) is 1. The number of nitrogens with zero attached hydrogens (tertiary/aromatic N) is 3. The zero-order chi connectivity index (χ0) is 19.7. The molecule has 1 amide bonds. The minimum absolute atomic E-state index is 0. The van der Waals surface area contributed by atoms with Crippen LogP contribution in [-0.2, 0) is 4.79 Å². The molecule has 2 N–H and O–H groups in total. The van der Waals surface area contributed by atoms with E-state index in [1.807, 2.05) is 32.7 Å². The van der Waals surface area contributed by atoms with E-state index in [-0.39, 0.29) is 35.4 Å². The average Bonchev–Trinajstić information content (AvgIpc) is 2.49. The van der Waals surface area contributed by atoms with E-state index in [1.165, 1.54) is 25.9 Å². The standard InChI is InChI=1S/C20H41N5O.HI/c1-8-21-19(24(7)15-18(26)23-20(4,5)6)22-12-17-10-9-11-25(14-17)13-16(2)3;/h16-17H,8-15H2,1-7H3,(H,21,22)(H,23,26);1H. The molecule has 0 aromatic carbocycles. The Balaban J connectivity index is 0.00000676. The van der Waals surface area contributed by atoms with Gasteiger partial charge in [-0.05, 0) is 58.9 Å². The molecule has 1 aliphatic heterocycles. The van der Waals surface area contributed by atoms with Gasteiger partial charge in [0.1, 0.15) is 0 Å². The van der Waals surface area contributed by atoms with Crippen LogP contribution < -0.4 is 10.6 Å². The molecule has 6 nitrogen and oxygen atoms in total. The normalized spacial score (nSPS) is 18.8. The minimum atomic E-state index is -0.213. The lowest BCUT2D eigenvalue weighted by Gasteiger charge is -2.33. The predicted molar refractivity (Wildman–Crippen MR) is 126 cm³/mol. The van der Waals surface area contributed by atoms with E-state index in [0.717, 1.165) is 25.6 Å². The topological polar surface area (TPSA) is 60.0 Å². The van der Waals surface area contributed by atoms with Gasteiger partial charge in [0.15, 0.2) is 5.96 Å². The number of guanidine groups is 1. The number of hydrogen-bond donors (Lipinski definition) is 2. The van der Waals surface area contributed by atoms with Crippen molar-refractivity contribution in [3.05, 3.63) is 0 Å². The number of nitrogens with one attached hydrogen (secondary N) is 2. The van der Waals surface area contributed by atoms with Gasteiger partial charge in [-0.15, -0.1) is 24.0 Å². The quantitative estimate of drug-likeness (QED) is 0.324. The molecule has 1 heterocycles. The Morgan fingerprint density at radius 2 is 2.00 bits per heavy atom. The number of carbonyl (C=O) groups excluding carboxylic acids is 1. The third kappa shape index (κ3) is 11.8. The summed E-state index contributed by atoms with van der Waals surface area (Å²) in [5.41, 5.74) is -0.213. The number of amides is 1. The first kappa shape index (κ1) is 26.4. The summed E-state index contributed by atoms with van der Waals surface area (Å²) < 4.78 is 0. The predicted octanol–water partition coefficient (Wildman–Crippen LogP) is 2.78. The lowest BCUT2D eigenvalue weighted by atomic mass is 9.97. The first-order valence-corrected chi connectivity index (χ1v) is 10.1. The number of halogens is 1. The molecule has 1 rings (SSSR count). The van der Waals surface area contributed by atoms with Gasteiger partial charge in [0.2, 0.25) is 5.91 Å². The second kappa shape index (κ2) is 12.8. The van der Waals surface area contributed by atoms with Gasteiger partial charge in [0.25, 0.3) is 0 Å². The molecule has 0 aliphatic carbocycles. The smallest absolute Gasteiger partial charge is 0.240 e. The Hall–Kier alpha value is -0.570. The highest BCUT2D eigenvalue weighted by Gasteiger charge is 2.21. The monoisotopic (exact) mass is 495 g/mol. The van der Waals surface area contributed by atoms with Crippen LogP contribution in [0.5, 0.6) is 0 Å². The maximum absolute atomic E-state index is 12.2. The van der Waals surface area contributed by atoms with Crippen molar-refractivity contribution in [3.8, 4) is 0 Å². The number of carbonyl (C=O) groups is 1. The van der Waals surface area contributed by atoms with Gasteiger partial charge < -0.3 is 20.4 Å². The van der Waals surface area contributed by atoms with Gasteiger partial charge in [-0.3, -0.25) is 9.79 Å². The van der Waals surface area contributed by atoms with Crippen molar-refractivity contribution in [1.29, 1.82) is 0 Å². The molecule has 1 saturated heterocycles. The highest BCUT2D eigenvalue weighted by atomic mass is 127. The van der Waals surface area contributed by atoms with Crippen LogP contribution >= 0.6 is 24.0 Å². The van der Waals surface area contributed by atoms with Crippen LogP contribution in [0.3, 0.4) is 0 Å². The minimum Gasteiger partial charge on any atom is -0.357 e. The largest absolute Gasteiger partial charge is 0.357 e. The zero-order valence-corrected chi connectivity index (χ0v) is 20.8. The second-order valence-electron chi connectivity index (χ2n) is 9.01. The molecular weight excluding hydrogens is 453 g/mol. The molecule has 160 valence electrons. The lowest BCUT2D eigenvalue weighted by molar-refractivity contribution is -0.122. The van der Waals surface area contributed by atoms with E-state index in [2.05, 4.69) is 36.3 Å². The van der Waals surface area contributed by atoms with Gasteiger partial charge >= 0.3 is 0 Å². The molecule has 0 saturated carbocycles. The van der Waals surface area contributed by atoms with E-state index in [4.69, 9.17) is 4.99 Å². The number of piperidine rings is 1. The summed E-state index contributed by atoms with van der Waals surface area (Å²) in [5, 5.41) is 6.32. The van der Waals surface area contributed by atoms with Gasteiger partial charge in [-0.2, -0.15) is 0 Å². The Labute approximate surface area is 183 Å². The highest BCUT2D eigenvalue weighted by molar-refractivity contribution is 14.0. The summed E-state index contributed by atoms with van der Waals surface area (Å²) in [6.45, 7) is 18.1. The van der Waals surface area contributed by atoms with Crippen LogP contribution in [-0.4, -0.2) is 73.5 Å². The molecule has 7 heteroatoms. The van der Waals surface area contributed by atoms with Crippen LogP contribution in [0.1, 0.15) is 54.4 Å². The van der Waals surface area contributed by atoms with Crippen LogP contribution in [0.4, 0.5) is 0 Å². The summed E-state index contributed by atoms with van der Waals surface area (Å²) in [6, 6.07) is 0. The average molecular weight is 495 g/mol. The SMILES string of the molecule is CCNC(=NCC1CCCN(CC(C)C)C1)N(C)CC(=O)NC(C)(C)C.I. The number of aliphatic imine (C=N–C) groups is 1. The van der Waals surface area contributed by atoms with Crippen LogP contribution in [0.2, 0.25) is 0 Å². The van der Waals surface area contributed by atoms with Gasteiger partial charge in [0.05, 0.1) is 6.54 Å². The first-order chi connectivity index (χ1) is 12.1. The summed E-state index contributed by atoms with van der Waals surface area (Å²) in [5.74, 6) is 2.15. The molecule has 1 atom stereocenters. The van der Waals surface area contributed by atoms with Crippen molar-refractivity contribution in [3.63, 3.8) is 0 Å². The van der Waals surface area contributed by atoms with E-state index in [0.29, 0.717) is 18.4 Å². The molecule has 1 unspecified atom stereocenters.